The Morgan fingerprint density at radius 2 is 1.74 bits per heavy atom. The molecule has 1 amide bonds. The highest BCUT2D eigenvalue weighted by Gasteiger charge is 2.08. The first kappa shape index (κ1) is 15.2. The van der Waals surface area contributed by atoms with Gasteiger partial charge in [0.25, 0.3) is 0 Å². The molecule has 1 rings (SSSR count). The lowest BCUT2D eigenvalue weighted by Crippen LogP contribution is -2.30. The molecule has 0 radical (unpaired) electrons. The molecule has 0 heterocycles. The number of carboxylic acid groups (broad SMARTS) is 1. The van der Waals surface area contributed by atoms with Crippen molar-refractivity contribution in [3.63, 3.8) is 0 Å². The zero-order valence-corrected chi connectivity index (χ0v) is 10.9. The Labute approximate surface area is 115 Å². The van der Waals surface area contributed by atoms with Crippen LogP contribution in [0, 0.1) is 0 Å². The fraction of sp³-hybridized carbons (Fsp3) is 0.308. The second-order valence-electron chi connectivity index (χ2n) is 4.01. The third-order valence-corrected chi connectivity index (χ3v) is 2.63. The van der Waals surface area contributed by atoms with E-state index < -0.39 is 5.97 Å². The molecular weight excluding hydrogens is 270 g/mol. The summed E-state index contributed by atoms with van der Waals surface area (Å²) in [4.78, 5) is 33.0. The third-order valence-electron chi connectivity index (χ3n) is 2.38. The molecule has 19 heavy (non-hydrogen) atoms. The zero-order chi connectivity index (χ0) is 14.3. The van der Waals surface area contributed by atoms with Crippen LogP contribution in [0.1, 0.15) is 18.4 Å². The van der Waals surface area contributed by atoms with Gasteiger partial charge in [-0.3, -0.25) is 14.4 Å². The van der Waals surface area contributed by atoms with Crippen molar-refractivity contribution in [1.29, 1.82) is 0 Å². The molecule has 1 aromatic carbocycles. The van der Waals surface area contributed by atoms with Crippen LogP contribution in [-0.4, -0.2) is 29.3 Å². The first-order chi connectivity index (χ1) is 8.97. The Morgan fingerprint density at radius 1 is 1.11 bits per heavy atom. The molecule has 0 spiro atoms. The number of ketones is 1. The SMILES string of the molecule is O=C(O)CCC(=O)CNC(=O)Cc1ccc(Cl)cc1. The van der Waals surface area contributed by atoms with Gasteiger partial charge in [-0.05, 0) is 17.7 Å². The van der Waals surface area contributed by atoms with Gasteiger partial charge in [0.1, 0.15) is 0 Å². The van der Waals surface area contributed by atoms with Crippen molar-refractivity contribution in [2.75, 3.05) is 6.54 Å². The molecule has 0 saturated carbocycles. The van der Waals surface area contributed by atoms with E-state index in [1.54, 1.807) is 24.3 Å². The fourth-order valence-electron chi connectivity index (χ4n) is 1.38. The highest BCUT2D eigenvalue weighted by Crippen LogP contribution is 2.09. The van der Waals surface area contributed by atoms with Crippen molar-refractivity contribution in [2.24, 2.45) is 0 Å². The Morgan fingerprint density at radius 3 is 2.32 bits per heavy atom. The summed E-state index contributed by atoms with van der Waals surface area (Å²) in [5.74, 6) is -1.61. The van der Waals surface area contributed by atoms with Crippen molar-refractivity contribution in [3.8, 4) is 0 Å². The number of carbonyl (C=O) groups excluding carboxylic acids is 2. The van der Waals surface area contributed by atoms with E-state index >= 15 is 0 Å². The van der Waals surface area contributed by atoms with Crippen LogP contribution in [0.15, 0.2) is 24.3 Å². The number of rotatable bonds is 7. The third kappa shape index (κ3) is 6.57. The number of benzene rings is 1. The Balaban J connectivity index is 2.29. The summed E-state index contributed by atoms with van der Waals surface area (Å²) in [6, 6.07) is 6.83. The standard InChI is InChI=1S/C13H14ClNO4/c14-10-3-1-9(2-4-10)7-12(17)15-8-11(16)5-6-13(18)19/h1-4H,5-8H2,(H,15,17)(H,18,19). The number of nitrogens with one attached hydrogen (secondary N) is 1. The van der Waals surface area contributed by atoms with Gasteiger partial charge in [0.05, 0.1) is 19.4 Å². The topological polar surface area (TPSA) is 83.5 Å². The van der Waals surface area contributed by atoms with E-state index in [2.05, 4.69) is 5.32 Å². The van der Waals surface area contributed by atoms with E-state index in [0.29, 0.717) is 5.02 Å². The van der Waals surface area contributed by atoms with E-state index in [4.69, 9.17) is 16.7 Å². The predicted molar refractivity (Wildman–Crippen MR) is 70.0 cm³/mol. The summed E-state index contributed by atoms with van der Waals surface area (Å²) >= 11 is 5.72. The highest BCUT2D eigenvalue weighted by atomic mass is 35.5. The maximum Gasteiger partial charge on any atom is 0.303 e. The summed E-state index contributed by atoms with van der Waals surface area (Å²) in [5.41, 5.74) is 0.792. The van der Waals surface area contributed by atoms with Crippen molar-refractivity contribution in [2.45, 2.75) is 19.3 Å². The molecule has 5 nitrogen and oxygen atoms in total. The monoisotopic (exact) mass is 283 g/mol. The number of halogens is 1. The fourth-order valence-corrected chi connectivity index (χ4v) is 1.51. The van der Waals surface area contributed by atoms with Crippen molar-refractivity contribution in [3.05, 3.63) is 34.9 Å². The zero-order valence-electron chi connectivity index (χ0n) is 10.2. The van der Waals surface area contributed by atoms with E-state index in [9.17, 15) is 14.4 Å². The van der Waals surface area contributed by atoms with Gasteiger partial charge in [-0.15, -0.1) is 0 Å². The summed E-state index contributed by atoms with van der Waals surface area (Å²) in [7, 11) is 0. The van der Waals surface area contributed by atoms with E-state index in [1.807, 2.05) is 0 Å². The van der Waals surface area contributed by atoms with Gasteiger partial charge in [0.15, 0.2) is 5.78 Å². The van der Waals surface area contributed by atoms with Crippen LogP contribution in [0.4, 0.5) is 0 Å². The van der Waals surface area contributed by atoms with Crippen LogP contribution < -0.4 is 5.32 Å². The minimum atomic E-state index is -1.03. The smallest absolute Gasteiger partial charge is 0.303 e. The van der Waals surface area contributed by atoms with E-state index in [1.165, 1.54) is 0 Å². The number of carbonyl (C=O) groups is 3. The minimum Gasteiger partial charge on any atom is -0.481 e. The number of aliphatic carboxylic acids is 1. The lowest BCUT2D eigenvalue weighted by atomic mass is 10.1. The molecule has 1 aromatic rings. The highest BCUT2D eigenvalue weighted by molar-refractivity contribution is 6.30. The molecule has 0 bridgehead atoms. The van der Waals surface area contributed by atoms with Crippen LogP contribution in [0.25, 0.3) is 0 Å². The van der Waals surface area contributed by atoms with Crippen LogP contribution in [-0.2, 0) is 20.8 Å². The van der Waals surface area contributed by atoms with Gasteiger partial charge < -0.3 is 10.4 Å². The van der Waals surface area contributed by atoms with Crippen LogP contribution >= 0.6 is 11.6 Å². The molecule has 0 fully saturated rings. The number of hydrogen-bond donors (Lipinski definition) is 2. The van der Waals surface area contributed by atoms with Crippen LogP contribution in [0.2, 0.25) is 5.02 Å². The van der Waals surface area contributed by atoms with Gasteiger partial charge in [-0.25, -0.2) is 0 Å². The number of amides is 1. The van der Waals surface area contributed by atoms with Gasteiger partial charge in [0, 0.05) is 11.4 Å². The van der Waals surface area contributed by atoms with Crippen LogP contribution in [0.5, 0.6) is 0 Å². The van der Waals surface area contributed by atoms with Crippen molar-refractivity contribution in [1.82, 2.24) is 5.32 Å². The molecule has 0 unspecified atom stereocenters. The van der Waals surface area contributed by atoms with Gasteiger partial charge >= 0.3 is 5.97 Å². The number of hydrogen-bond acceptors (Lipinski definition) is 3. The average Bonchev–Trinajstić information content (AvgIpc) is 2.36. The maximum absolute atomic E-state index is 11.5. The van der Waals surface area contributed by atoms with Crippen molar-refractivity contribution >= 4 is 29.3 Å². The van der Waals surface area contributed by atoms with Gasteiger partial charge in [0.2, 0.25) is 5.91 Å². The molecule has 0 aliphatic rings. The molecule has 0 atom stereocenters. The van der Waals surface area contributed by atoms with Gasteiger partial charge in [-0.1, -0.05) is 23.7 Å². The molecule has 102 valence electrons. The normalized spacial score (nSPS) is 9.95. The second-order valence-corrected chi connectivity index (χ2v) is 4.45. The second kappa shape index (κ2) is 7.53. The maximum atomic E-state index is 11.5. The van der Waals surface area contributed by atoms with Crippen molar-refractivity contribution < 1.29 is 19.5 Å². The molecule has 0 aliphatic carbocycles. The number of Topliss-reactive ketones (excluding diaryl/α,β-unsaturated/α-hetero) is 1. The summed E-state index contributed by atoms with van der Waals surface area (Å²) in [5, 5.41) is 11.5. The quantitative estimate of drug-likeness (QED) is 0.793. The summed E-state index contributed by atoms with van der Waals surface area (Å²) in [6.45, 7) is -0.139. The number of carboxylic acids is 1. The Hall–Kier alpha value is -1.88. The first-order valence-electron chi connectivity index (χ1n) is 5.72. The molecular formula is C13H14ClNO4. The molecule has 2 N–H and O–H groups in total. The largest absolute Gasteiger partial charge is 0.481 e. The molecule has 0 saturated heterocycles. The molecule has 0 aliphatic heterocycles. The van der Waals surface area contributed by atoms with E-state index in [-0.39, 0.29) is 37.5 Å². The lowest BCUT2D eigenvalue weighted by molar-refractivity contribution is -0.138. The molecule has 6 heteroatoms. The summed E-state index contributed by atoms with van der Waals surface area (Å²) in [6.07, 6.45) is -0.133. The Bertz CT molecular complexity index is 470. The minimum absolute atomic E-state index is 0.0729. The average molecular weight is 284 g/mol. The van der Waals surface area contributed by atoms with Crippen LogP contribution in [0.3, 0.4) is 0 Å². The predicted octanol–water partition coefficient (Wildman–Crippen LogP) is 1.43. The van der Waals surface area contributed by atoms with Gasteiger partial charge in [-0.2, -0.15) is 0 Å². The summed E-state index contributed by atoms with van der Waals surface area (Å²) < 4.78 is 0. The molecule has 0 aromatic heterocycles. The van der Waals surface area contributed by atoms with E-state index in [0.717, 1.165) is 5.56 Å². The Kier molecular flexibility index (Phi) is 6.02. The lowest BCUT2D eigenvalue weighted by Gasteiger charge is -2.04. The first-order valence-corrected chi connectivity index (χ1v) is 6.10.